The van der Waals surface area contributed by atoms with Gasteiger partial charge in [-0.2, -0.15) is 0 Å². The van der Waals surface area contributed by atoms with Crippen LogP contribution in [0.15, 0.2) is 35.5 Å². The third-order valence-electron chi connectivity index (χ3n) is 4.27. The summed E-state index contributed by atoms with van der Waals surface area (Å²) in [5, 5.41) is 11.9. The first kappa shape index (κ1) is 15.4. The second kappa shape index (κ2) is 6.16. The number of hydrogen-bond donors (Lipinski definition) is 2. The van der Waals surface area contributed by atoms with Crippen LogP contribution < -0.4 is 5.73 Å². The van der Waals surface area contributed by atoms with E-state index in [-0.39, 0.29) is 17.7 Å². The molecular formula is C16H23N3O2. The number of likely N-dealkylation sites (tertiary alicyclic amines) is 1. The molecule has 0 aromatic heterocycles. The van der Waals surface area contributed by atoms with E-state index in [1.54, 1.807) is 0 Å². The minimum atomic E-state index is -0.575. The fourth-order valence-corrected chi connectivity index (χ4v) is 2.86. The van der Waals surface area contributed by atoms with Crippen LogP contribution in [0.1, 0.15) is 32.3 Å². The van der Waals surface area contributed by atoms with Crippen LogP contribution >= 0.6 is 0 Å². The molecule has 1 fully saturated rings. The van der Waals surface area contributed by atoms with Crippen LogP contribution in [-0.2, 0) is 10.2 Å². The Morgan fingerprint density at radius 3 is 2.67 bits per heavy atom. The molecule has 0 radical (unpaired) electrons. The van der Waals surface area contributed by atoms with Gasteiger partial charge in [0.25, 0.3) is 0 Å². The second-order valence-electron chi connectivity index (χ2n) is 6.11. The van der Waals surface area contributed by atoms with Crippen molar-refractivity contribution >= 4 is 11.7 Å². The molecule has 1 unspecified atom stereocenters. The molecule has 1 aliphatic heterocycles. The highest BCUT2D eigenvalue weighted by atomic mass is 16.4. The van der Waals surface area contributed by atoms with E-state index in [9.17, 15) is 4.79 Å². The molecule has 0 spiro atoms. The first-order chi connectivity index (χ1) is 9.96. The minimum Gasteiger partial charge on any atom is -0.409 e. The molecule has 1 aromatic carbocycles. The number of nitrogens with two attached hydrogens (primary N) is 1. The number of amidine groups is 1. The Hall–Kier alpha value is -2.04. The van der Waals surface area contributed by atoms with Gasteiger partial charge in [0.15, 0.2) is 0 Å². The van der Waals surface area contributed by atoms with Gasteiger partial charge >= 0.3 is 0 Å². The van der Waals surface area contributed by atoms with Crippen molar-refractivity contribution in [2.45, 2.75) is 32.1 Å². The molecule has 1 amide bonds. The average Bonchev–Trinajstić information content (AvgIpc) is 2.54. The van der Waals surface area contributed by atoms with E-state index >= 15 is 0 Å². The van der Waals surface area contributed by atoms with E-state index < -0.39 is 5.41 Å². The van der Waals surface area contributed by atoms with Crippen molar-refractivity contribution in [3.63, 3.8) is 0 Å². The van der Waals surface area contributed by atoms with Crippen molar-refractivity contribution in [3.8, 4) is 0 Å². The van der Waals surface area contributed by atoms with E-state index in [1.165, 1.54) is 0 Å². The number of rotatable bonds is 3. The molecule has 1 saturated heterocycles. The highest BCUT2D eigenvalue weighted by Crippen LogP contribution is 2.28. The zero-order chi connectivity index (χ0) is 15.5. The maximum atomic E-state index is 12.9. The van der Waals surface area contributed by atoms with E-state index in [4.69, 9.17) is 10.9 Å². The molecule has 21 heavy (non-hydrogen) atoms. The molecule has 1 heterocycles. The summed E-state index contributed by atoms with van der Waals surface area (Å²) in [6.07, 6.45) is 1.73. The number of oxime groups is 1. The van der Waals surface area contributed by atoms with Crippen LogP contribution in [0.5, 0.6) is 0 Å². The molecule has 1 aromatic rings. The van der Waals surface area contributed by atoms with Crippen LogP contribution in [-0.4, -0.2) is 34.9 Å². The molecule has 3 N–H and O–H groups in total. The third-order valence-corrected chi connectivity index (χ3v) is 4.27. The first-order valence-electron chi connectivity index (χ1n) is 7.29. The van der Waals surface area contributed by atoms with Crippen molar-refractivity contribution in [3.05, 3.63) is 35.9 Å². The first-order valence-corrected chi connectivity index (χ1v) is 7.29. The monoisotopic (exact) mass is 289 g/mol. The Labute approximate surface area is 125 Å². The van der Waals surface area contributed by atoms with E-state index in [0.717, 1.165) is 24.9 Å². The number of carbonyl (C=O) groups excluding carboxylic acids is 1. The molecule has 5 nitrogen and oxygen atoms in total. The molecular weight excluding hydrogens is 266 g/mol. The van der Waals surface area contributed by atoms with Crippen LogP contribution in [0, 0.1) is 5.92 Å². The molecule has 5 heteroatoms. The van der Waals surface area contributed by atoms with Gasteiger partial charge in [0.1, 0.15) is 5.84 Å². The van der Waals surface area contributed by atoms with Crippen LogP contribution in [0.25, 0.3) is 0 Å². The molecule has 1 aliphatic rings. The summed E-state index contributed by atoms with van der Waals surface area (Å²) in [5.41, 5.74) is 6.12. The van der Waals surface area contributed by atoms with Gasteiger partial charge < -0.3 is 15.8 Å². The minimum absolute atomic E-state index is 0.0562. The van der Waals surface area contributed by atoms with Gasteiger partial charge in [0, 0.05) is 19.0 Å². The van der Waals surface area contributed by atoms with Crippen molar-refractivity contribution < 1.29 is 10.0 Å². The third kappa shape index (κ3) is 3.17. The molecule has 114 valence electrons. The predicted molar refractivity (Wildman–Crippen MR) is 82.2 cm³/mol. The summed E-state index contributed by atoms with van der Waals surface area (Å²) in [6.45, 7) is 5.13. The van der Waals surface area contributed by atoms with Gasteiger partial charge in [-0.3, -0.25) is 4.79 Å². The Bertz CT molecular complexity index is 526. The Kier molecular flexibility index (Phi) is 4.50. The quantitative estimate of drug-likeness (QED) is 0.386. The van der Waals surface area contributed by atoms with Crippen LogP contribution in [0.4, 0.5) is 0 Å². The highest BCUT2D eigenvalue weighted by Gasteiger charge is 2.36. The second-order valence-corrected chi connectivity index (χ2v) is 6.11. The maximum Gasteiger partial charge on any atom is 0.232 e. The number of benzene rings is 1. The number of nitrogens with zero attached hydrogens (tertiary/aromatic N) is 2. The SMILES string of the molecule is CC(C)(C(=O)N1CCCC(C(N)=NO)C1)c1ccccc1. The zero-order valence-corrected chi connectivity index (χ0v) is 12.6. The molecule has 2 rings (SSSR count). The van der Waals surface area contributed by atoms with Crippen molar-refractivity contribution in [2.75, 3.05) is 13.1 Å². The lowest BCUT2D eigenvalue weighted by molar-refractivity contribution is -0.137. The predicted octanol–water partition coefficient (Wildman–Crippen LogP) is 1.95. The van der Waals surface area contributed by atoms with Crippen molar-refractivity contribution in [1.82, 2.24) is 4.90 Å². The van der Waals surface area contributed by atoms with Crippen LogP contribution in [0.3, 0.4) is 0 Å². The van der Waals surface area contributed by atoms with Gasteiger partial charge in [-0.1, -0.05) is 35.5 Å². The number of carbonyl (C=O) groups is 1. The van der Waals surface area contributed by atoms with Gasteiger partial charge in [-0.05, 0) is 32.3 Å². The Morgan fingerprint density at radius 1 is 1.38 bits per heavy atom. The molecule has 0 bridgehead atoms. The van der Waals surface area contributed by atoms with Gasteiger partial charge in [-0.25, -0.2) is 0 Å². The van der Waals surface area contributed by atoms with Gasteiger partial charge in [0.2, 0.25) is 5.91 Å². The Balaban J connectivity index is 2.16. The van der Waals surface area contributed by atoms with Crippen molar-refractivity contribution in [2.24, 2.45) is 16.8 Å². The fraction of sp³-hybridized carbons (Fsp3) is 0.500. The van der Waals surface area contributed by atoms with Gasteiger partial charge in [-0.15, -0.1) is 0 Å². The van der Waals surface area contributed by atoms with Crippen LogP contribution in [0.2, 0.25) is 0 Å². The highest BCUT2D eigenvalue weighted by molar-refractivity contribution is 5.89. The van der Waals surface area contributed by atoms with Crippen molar-refractivity contribution in [1.29, 1.82) is 0 Å². The largest absolute Gasteiger partial charge is 0.409 e. The van der Waals surface area contributed by atoms with E-state index in [0.29, 0.717) is 6.54 Å². The Morgan fingerprint density at radius 2 is 2.05 bits per heavy atom. The standard InChI is InChI=1S/C16H23N3O2/c1-16(2,13-8-4-3-5-9-13)15(20)19-10-6-7-12(11-19)14(17)18-21/h3-5,8-9,12,21H,6-7,10-11H2,1-2H3,(H2,17,18). The summed E-state index contributed by atoms with van der Waals surface area (Å²) in [4.78, 5) is 14.7. The average molecular weight is 289 g/mol. The zero-order valence-electron chi connectivity index (χ0n) is 12.6. The topological polar surface area (TPSA) is 78.9 Å². The van der Waals surface area contributed by atoms with E-state index in [2.05, 4.69) is 5.16 Å². The summed E-state index contributed by atoms with van der Waals surface area (Å²) in [7, 11) is 0. The van der Waals surface area contributed by atoms with E-state index in [1.807, 2.05) is 49.1 Å². The number of hydrogen-bond acceptors (Lipinski definition) is 3. The van der Waals surface area contributed by atoms with Gasteiger partial charge in [0.05, 0.1) is 5.41 Å². The lowest BCUT2D eigenvalue weighted by Crippen LogP contribution is -2.50. The summed E-state index contributed by atoms with van der Waals surface area (Å²) >= 11 is 0. The smallest absolute Gasteiger partial charge is 0.232 e. The summed E-state index contributed by atoms with van der Waals surface area (Å²) in [6, 6.07) is 9.78. The maximum absolute atomic E-state index is 12.9. The number of piperidine rings is 1. The summed E-state index contributed by atoms with van der Waals surface area (Å²) < 4.78 is 0. The fourth-order valence-electron chi connectivity index (χ4n) is 2.86. The lowest BCUT2D eigenvalue weighted by atomic mass is 9.82. The summed E-state index contributed by atoms with van der Waals surface area (Å²) in [5.74, 6) is 0.244. The molecule has 0 aliphatic carbocycles. The molecule has 0 saturated carbocycles. The number of amides is 1. The normalized spacial score (nSPS) is 20.4. The molecule has 1 atom stereocenters. The lowest BCUT2D eigenvalue weighted by Gasteiger charge is -2.37.